The van der Waals surface area contributed by atoms with Gasteiger partial charge in [0.2, 0.25) is 0 Å². The predicted octanol–water partition coefficient (Wildman–Crippen LogP) is 17.7. The molecular formula is C67H40N2O2. The first-order valence-electron chi connectivity index (χ1n) is 24.4. The van der Waals surface area contributed by atoms with Gasteiger partial charge in [-0.1, -0.05) is 158 Å². The molecule has 1 aliphatic rings. The Labute approximate surface area is 407 Å². The van der Waals surface area contributed by atoms with Crippen LogP contribution < -0.4 is 0 Å². The Balaban J connectivity index is 0.922. The van der Waals surface area contributed by atoms with E-state index in [1.807, 2.05) is 6.07 Å². The minimum Gasteiger partial charge on any atom is -0.456 e. The first-order chi connectivity index (χ1) is 35.2. The molecule has 4 nitrogen and oxygen atoms in total. The molecule has 0 bridgehead atoms. The summed E-state index contributed by atoms with van der Waals surface area (Å²) < 4.78 is 18.1. The molecule has 0 atom stereocenters. The highest BCUT2D eigenvalue weighted by Gasteiger charge is 2.46. The lowest BCUT2D eigenvalue weighted by atomic mass is 9.67. The molecule has 4 heterocycles. The number of nitrogens with zero attached hydrogens (tertiary/aromatic N) is 2. The Kier molecular flexibility index (Phi) is 7.79. The van der Waals surface area contributed by atoms with E-state index < -0.39 is 5.41 Å². The van der Waals surface area contributed by atoms with Crippen molar-refractivity contribution in [3.8, 4) is 33.6 Å². The summed E-state index contributed by atoms with van der Waals surface area (Å²) in [4.78, 5) is 0. The Hall–Kier alpha value is -9.38. The third kappa shape index (κ3) is 5.28. The molecule has 1 aliphatic carbocycles. The number of hydrogen-bond acceptors (Lipinski definition) is 2. The molecule has 16 rings (SSSR count). The monoisotopic (exact) mass is 904 g/mol. The second-order valence-corrected chi connectivity index (χ2v) is 19.2. The van der Waals surface area contributed by atoms with Crippen LogP contribution in [0.15, 0.2) is 251 Å². The van der Waals surface area contributed by atoms with E-state index in [1.165, 1.54) is 60.4 Å². The summed E-state index contributed by atoms with van der Waals surface area (Å²) in [6.07, 6.45) is 0. The second kappa shape index (κ2) is 14.3. The summed E-state index contributed by atoms with van der Waals surface area (Å²) in [6, 6.07) is 88.6. The van der Waals surface area contributed by atoms with Crippen molar-refractivity contribution in [1.82, 2.24) is 9.13 Å². The zero-order valence-electron chi connectivity index (χ0n) is 38.3. The predicted molar refractivity (Wildman–Crippen MR) is 292 cm³/mol. The summed E-state index contributed by atoms with van der Waals surface area (Å²) >= 11 is 0. The van der Waals surface area contributed by atoms with Crippen molar-refractivity contribution in [2.45, 2.75) is 5.41 Å². The number of fused-ring (bicyclic) bond motifs is 15. The van der Waals surface area contributed by atoms with Gasteiger partial charge in [0.15, 0.2) is 0 Å². The van der Waals surface area contributed by atoms with Crippen LogP contribution in [0.25, 0.3) is 121 Å². The molecule has 71 heavy (non-hydrogen) atoms. The number of para-hydroxylation sites is 3. The first kappa shape index (κ1) is 38.6. The summed E-state index contributed by atoms with van der Waals surface area (Å²) in [5.41, 5.74) is 19.6. The summed E-state index contributed by atoms with van der Waals surface area (Å²) in [6.45, 7) is 0. The summed E-state index contributed by atoms with van der Waals surface area (Å²) in [7, 11) is 0. The van der Waals surface area contributed by atoms with Gasteiger partial charge in [0.1, 0.15) is 22.3 Å². The van der Waals surface area contributed by atoms with Crippen LogP contribution in [0.3, 0.4) is 0 Å². The maximum absolute atomic E-state index is 6.68. The van der Waals surface area contributed by atoms with Crippen molar-refractivity contribution in [1.29, 1.82) is 0 Å². The van der Waals surface area contributed by atoms with Crippen LogP contribution in [0, 0.1) is 0 Å². The molecule has 0 radical (unpaired) electrons. The van der Waals surface area contributed by atoms with Gasteiger partial charge in [-0.05, 0) is 117 Å². The number of furan rings is 2. The van der Waals surface area contributed by atoms with Crippen LogP contribution in [0.4, 0.5) is 0 Å². The number of benzene rings is 11. The Morgan fingerprint density at radius 1 is 0.268 bits per heavy atom. The Morgan fingerprint density at radius 3 is 1.52 bits per heavy atom. The van der Waals surface area contributed by atoms with Crippen LogP contribution in [-0.4, -0.2) is 9.13 Å². The normalized spacial score (nSPS) is 13.2. The van der Waals surface area contributed by atoms with Gasteiger partial charge in [0, 0.05) is 66.6 Å². The number of hydrogen-bond donors (Lipinski definition) is 0. The second-order valence-electron chi connectivity index (χ2n) is 19.2. The van der Waals surface area contributed by atoms with Crippen LogP contribution in [-0.2, 0) is 5.41 Å². The molecule has 0 unspecified atom stereocenters. The topological polar surface area (TPSA) is 36.1 Å². The highest BCUT2D eigenvalue weighted by molar-refractivity contribution is 6.20. The van der Waals surface area contributed by atoms with Crippen molar-refractivity contribution in [2.24, 2.45) is 0 Å². The molecule has 0 N–H and O–H groups in total. The number of rotatable bonds is 5. The molecule has 0 aliphatic heterocycles. The zero-order valence-corrected chi connectivity index (χ0v) is 38.3. The largest absolute Gasteiger partial charge is 0.456 e. The van der Waals surface area contributed by atoms with E-state index >= 15 is 0 Å². The SMILES string of the molecule is c1ccc(-n2c3ccccc3c3cc4c(cc32)oc2ccc(-c3ccc5c(c3)c3cc6c(cc3n5-c3ccc5c(c3)C(c3ccccc3)(c3ccccc3)c3ccccc3-5)oc3ccccc36)cc24)cc1. The van der Waals surface area contributed by atoms with Gasteiger partial charge in [-0.3, -0.25) is 0 Å². The molecule has 0 amide bonds. The van der Waals surface area contributed by atoms with E-state index in [4.69, 9.17) is 8.83 Å². The fourth-order valence-corrected chi connectivity index (χ4v) is 12.5. The van der Waals surface area contributed by atoms with Gasteiger partial charge in [0.25, 0.3) is 0 Å². The molecule has 4 heteroatoms. The standard InChI is InChI=1S/C67H40N2O2/c1-4-16-43(17-5-1)67(44-18-6-2-7-19-44)57-25-13-10-22-47(57)48-31-30-46(36-58(48)67)69-60-32-28-41(34-51(60)53-38-55-50-24-12-15-27-63(50)70-65(55)40-62(53)69)42-29-33-64-54(35-42)56-37-52-49-23-11-14-26-59(49)68(45-20-8-3-9-21-45)61(52)39-66(56)71-64/h1-40H. The maximum Gasteiger partial charge on any atom is 0.137 e. The van der Waals surface area contributed by atoms with Crippen molar-refractivity contribution >= 4 is 87.5 Å². The van der Waals surface area contributed by atoms with E-state index in [0.717, 1.165) is 82.9 Å². The minimum atomic E-state index is -0.525. The summed E-state index contributed by atoms with van der Waals surface area (Å²) in [5, 5.41) is 9.22. The van der Waals surface area contributed by atoms with Gasteiger partial charge in [-0.25, -0.2) is 0 Å². The summed E-state index contributed by atoms with van der Waals surface area (Å²) in [5.74, 6) is 0. The van der Waals surface area contributed by atoms with Gasteiger partial charge < -0.3 is 18.0 Å². The van der Waals surface area contributed by atoms with Crippen molar-refractivity contribution in [2.75, 3.05) is 0 Å². The van der Waals surface area contributed by atoms with Crippen molar-refractivity contribution in [3.05, 3.63) is 265 Å². The zero-order chi connectivity index (χ0) is 46.4. The first-order valence-corrected chi connectivity index (χ1v) is 24.4. The molecule has 15 aromatic rings. The lowest BCUT2D eigenvalue weighted by Crippen LogP contribution is -2.28. The van der Waals surface area contributed by atoms with Crippen LogP contribution >= 0.6 is 0 Å². The highest BCUT2D eigenvalue weighted by Crippen LogP contribution is 2.57. The molecule has 0 spiro atoms. The van der Waals surface area contributed by atoms with Crippen LogP contribution in [0.2, 0.25) is 0 Å². The molecule has 11 aromatic carbocycles. The molecule has 330 valence electrons. The van der Waals surface area contributed by atoms with E-state index in [-0.39, 0.29) is 0 Å². The van der Waals surface area contributed by atoms with E-state index in [2.05, 4.69) is 246 Å². The average molecular weight is 905 g/mol. The average Bonchev–Trinajstić information content (AvgIpc) is 4.22. The molecule has 0 saturated heterocycles. The smallest absolute Gasteiger partial charge is 0.137 e. The minimum absolute atomic E-state index is 0.525. The third-order valence-electron chi connectivity index (χ3n) is 15.6. The van der Waals surface area contributed by atoms with Crippen molar-refractivity contribution in [3.63, 3.8) is 0 Å². The Morgan fingerprint density at radius 2 is 0.775 bits per heavy atom. The van der Waals surface area contributed by atoms with Crippen LogP contribution in [0.1, 0.15) is 22.3 Å². The molecule has 4 aromatic heterocycles. The fraction of sp³-hybridized carbons (Fsp3) is 0.0149. The molecular weight excluding hydrogens is 865 g/mol. The highest BCUT2D eigenvalue weighted by atomic mass is 16.3. The van der Waals surface area contributed by atoms with Gasteiger partial charge in [-0.2, -0.15) is 0 Å². The van der Waals surface area contributed by atoms with E-state index in [0.29, 0.717) is 0 Å². The van der Waals surface area contributed by atoms with Gasteiger partial charge in [0.05, 0.1) is 27.5 Å². The number of aromatic nitrogens is 2. The Bertz CT molecular complexity index is 4650. The fourth-order valence-electron chi connectivity index (χ4n) is 12.5. The van der Waals surface area contributed by atoms with E-state index in [1.54, 1.807) is 0 Å². The van der Waals surface area contributed by atoms with E-state index in [9.17, 15) is 0 Å². The van der Waals surface area contributed by atoms with Crippen LogP contribution in [0.5, 0.6) is 0 Å². The lowest BCUT2D eigenvalue weighted by Gasteiger charge is -2.34. The lowest BCUT2D eigenvalue weighted by molar-refractivity contribution is 0.669. The molecule has 0 saturated carbocycles. The van der Waals surface area contributed by atoms with Gasteiger partial charge >= 0.3 is 0 Å². The quantitative estimate of drug-likeness (QED) is 0.173. The maximum atomic E-state index is 6.68. The third-order valence-corrected chi connectivity index (χ3v) is 15.6. The van der Waals surface area contributed by atoms with Gasteiger partial charge in [-0.15, -0.1) is 0 Å². The van der Waals surface area contributed by atoms with Crippen molar-refractivity contribution < 1.29 is 8.83 Å². The molecule has 0 fully saturated rings.